The Morgan fingerprint density at radius 1 is 1.17 bits per heavy atom. The monoisotopic (exact) mass is 398 g/mol. The number of nitrogens with zero attached hydrogens (tertiary/aromatic N) is 4. The number of hydrogen-bond acceptors (Lipinski definition) is 6. The van der Waals surface area contributed by atoms with Crippen molar-refractivity contribution in [2.24, 2.45) is 0 Å². The number of carbonyl (C=O) groups excluding carboxylic acids is 1. The standard InChI is InChI=1S/C22H18N6O2/c1-11-5-6-16(29)12(2)19(11)28-20(23)18-17-15(25-10-26-21(17)28)8-14(27-22(18)30)13-4-3-7-24-9-13/h3-10,29H,23H2,1-2H3,(H,27,30). The second-order valence-electron chi connectivity index (χ2n) is 7.18. The highest BCUT2D eigenvalue weighted by Gasteiger charge is 2.29. The fourth-order valence-electron chi connectivity index (χ4n) is 3.92. The Morgan fingerprint density at radius 3 is 2.77 bits per heavy atom. The minimum atomic E-state index is -0.352. The summed E-state index contributed by atoms with van der Waals surface area (Å²) in [5.74, 6) is 0.0280. The average molecular weight is 398 g/mol. The molecular weight excluding hydrogens is 380 g/mol. The summed E-state index contributed by atoms with van der Waals surface area (Å²) >= 11 is 0. The summed E-state index contributed by atoms with van der Waals surface area (Å²) < 4.78 is 1.71. The van der Waals surface area contributed by atoms with Crippen molar-refractivity contribution >= 4 is 34.5 Å². The summed E-state index contributed by atoms with van der Waals surface area (Å²) in [5, 5.41) is 13.7. The van der Waals surface area contributed by atoms with Crippen LogP contribution < -0.4 is 11.1 Å². The molecule has 8 nitrogen and oxygen atoms in total. The number of aromatic nitrogens is 4. The van der Waals surface area contributed by atoms with E-state index in [0.29, 0.717) is 39.2 Å². The molecule has 0 unspecified atom stereocenters. The maximum Gasteiger partial charge on any atom is 0.260 e. The van der Waals surface area contributed by atoms with Gasteiger partial charge >= 0.3 is 0 Å². The number of phenols is 1. The van der Waals surface area contributed by atoms with Gasteiger partial charge in [-0.1, -0.05) is 6.07 Å². The van der Waals surface area contributed by atoms with E-state index in [1.165, 1.54) is 6.33 Å². The fourth-order valence-corrected chi connectivity index (χ4v) is 3.92. The Morgan fingerprint density at radius 2 is 2.00 bits per heavy atom. The lowest BCUT2D eigenvalue weighted by Crippen LogP contribution is -2.22. The van der Waals surface area contributed by atoms with Gasteiger partial charge in [-0.05, 0) is 43.7 Å². The SMILES string of the molecule is Cc1ccc(O)c(C)c1-n1c(N)c2c3c(ncnc31)C=C(c1cccnc1)NC2=O. The van der Waals surface area contributed by atoms with Crippen molar-refractivity contribution in [3.63, 3.8) is 0 Å². The zero-order valence-electron chi connectivity index (χ0n) is 16.3. The lowest BCUT2D eigenvalue weighted by molar-refractivity contribution is 0.0976. The van der Waals surface area contributed by atoms with Crippen LogP contribution in [0.5, 0.6) is 5.75 Å². The predicted molar refractivity (Wildman–Crippen MR) is 114 cm³/mol. The maximum absolute atomic E-state index is 13.2. The topological polar surface area (TPSA) is 119 Å². The molecule has 0 aliphatic carbocycles. The molecule has 1 aliphatic heterocycles. The summed E-state index contributed by atoms with van der Waals surface area (Å²) in [7, 11) is 0. The van der Waals surface area contributed by atoms with Gasteiger partial charge in [-0.25, -0.2) is 9.97 Å². The first-order valence-corrected chi connectivity index (χ1v) is 9.35. The van der Waals surface area contributed by atoms with E-state index >= 15 is 0 Å². The van der Waals surface area contributed by atoms with Crippen LogP contribution in [0, 0.1) is 13.8 Å². The van der Waals surface area contributed by atoms with Gasteiger partial charge in [0.2, 0.25) is 0 Å². The second-order valence-corrected chi connectivity index (χ2v) is 7.18. The number of amides is 1. The van der Waals surface area contributed by atoms with E-state index in [4.69, 9.17) is 5.73 Å². The van der Waals surface area contributed by atoms with Gasteiger partial charge in [-0.3, -0.25) is 14.3 Å². The predicted octanol–water partition coefficient (Wildman–Crippen LogP) is 2.96. The van der Waals surface area contributed by atoms with Crippen LogP contribution in [0.25, 0.3) is 28.5 Å². The van der Waals surface area contributed by atoms with Gasteiger partial charge < -0.3 is 16.2 Å². The maximum atomic E-state index is 13.2. The van der Waals surface area contributed by atoms with Crippen LogP contribution in [0.15, 0.2) is 43.0 Å². The van der Waals surface area contributed by atoms with Gasteiger partial charge in [0.1, 0.15) is 17.9 Å². The first-order chi connectivity index (χ1) is 14.5. The van der Waals surface area contributed by atoms with Crippen LogP contribution in [0.3, 0.4) is 0 Å². The Kier molecular flexibility index (Phi) is 3.82. The third-order valence-electron chi connectivity index (χ3n) is 5.37. The van der Waals surface area contributed by atoms with Crippen molar-refractivity contribution in [3.8, 4) is 11.4 Å². The number of benzene rings is 1. The van der Waals surface area contributed by atoms with Gasteiger partial charge in [0, 0.05) is 23.5 Å². The van der Waals surface area contributed by atoms with E-state index in [-0.39, 0.29) is 17.5 Å². The first kappa shape index (κ1) is 17.9. The molecule has 0 bridgehead atoms. The zero-order chi connectivity index (χ0) is 21.0. The highest BCUT2D eigenvalue weighted by atomic mass is 16.3. The molecule has 30 heavy (non-hydrogen) atoms. The summed E-state index contributed by atoms with van der Waals surface area (Å²) in [6.45, 7) is 3.72. The van der Waals surface area contributed by atoms with Crippen LogP contribution in [-0.4, -0.2) is 30.5 Å². The summed E-state index contributed by atoms with van der Waals surface area (Å²) in [5.41, 5.74) is 11.5. The second kappa shape index (κ2) is 6.41. The molecule has 1 amide bonds. The number of pyridine rings is 1. The van der Waals surface area contributed by atoms with Crippen LogP contribution in [0.4, 0.5) is 5.82 Å². The molecule has 3 aromatic heterocycles. The molecule has 0 saturated heterocycles. The lowest BCUT2D eigenvalue weighted by Gasteiger charge is -2.15. The van der Waals surface area contributed by atoms with Crippen LogP contribution in [-0.2, 0) is 0 Å². The largest absolute Gasteiger partial charge is 0.508 e. The number of nitrogens with one attached hydrogen (secondary N) is 1. The molecule has 1 aromatic carbocycles. The number of hydrogen-bond donors (Lipinski definition) is 3. The molecule has 4 aromatic rings. The van der Waals surface area contributed by atoms with E-state index in [0.717, 1.165) is 11.1 Å². The molecule has 0 spiro atoms. The number of carbonyl (C=O) groups is 1. The lowest BCUT2D eigenvalue weighted by atomic mass is 10.1. The molecular formula is C22H18N6O2. The molecule has 148 valence electrons. The number of nitrogen functional groups attached to an aromatic ring is 1. The van der Waals surface area contributed by atoms with E-state index in [9.17, 15) is 9.90 Å². The zero-order valence-corrected chi connectivity index (χ0v) is 16.3. The number of phenolic OH excluding ortho intramolecular Hbond substituents is 1. The van der Waals surface area contributed by atoms with E-state index < -0.39 is 0 Å². The van der Waals surface area contributed by atoms with E-state index in [2.05, 4.69) is 20.3 Å². The third-order valence-corrected chi connectivity index (χ3v) is 5.37. The van der Waals surface area contributed by atoms with Gasteiger partial charge in [-0.2, -0.15) is 0 Å². The van der Waals surface area contributed by atoms with Gasteiger partial charge in [0.15, 0.2) is 5.65 Å². The van der Waals surface area contributed by atoms with Gasteiger partial charge in [0.05, 0.1) is 28.0 Å². The molecule has 5 rings (SSSR count). The van der Waals surface area contributed by atoms with Crippen molar-refractivity contribution < 1.29 is 9.90 Å². The van der Waals surface area contributed by atoms with E-state index in [1.807, 2.05) is 13.0 Å². The smallest absolute Gasteiger partial charge is 0.260 e. The van der Waals surface area contributed by atoms with Crippen molar-refractivity contribution in [3.05, 3.63) is 70.9 Å². The molecule has 4 heterocycles. The van der Waals surface area contributed by atoms with Crippen LogP contribution in [0.1, 0.15) is 32.7 Å². The molecule has 1 aliphatic rings. The number of aryl methyl sites for hydroxylation is 1. The highest BCUT2D eigenvalue weighted by molar-refractivity contribution is 6.18. The van der Waals surface area contributed by atoms with Crippen molar-refractivity contribution in [2.45, 2.75) is 13.8 Å². The average Bonchev–Trinajstić information content (AvgIpc) is 2.94. The van der Waals surface area contributed by atoms with Crippen molar-refractivity contribution in [1.29, 1.82) is 0 Å². The number of rotatable bonds is 2. The number of anilines is 1. The number of aromatic hydroxyl groups is 1. The molecule has 4 N–H and O–H groups in total. The van der Waals surface area contributed by atoms with Gasteiger partial charge in [0.25, 0.3) is 5.91 Å². The summed E-state index contributed by atoms with van der Waals surface area (Å²) in [6.07, 6.45) is 6.57. The van der Waals surface area contributed by atoms with Crippen molar-refractivity contribution in [2.75, 3.05) is 5.73 Å². The molecule has 0 atom stereocenters. The minimum absolute atomic E-state index is 0.142. The Bertz CT molecular complexity index is 1370. The molecule has 0 radical (unpaired) electrons. The van der Waals surface area contributed by atoms with Gasteiger partial charge in [-0.15, -0.1) is 0 Å². The molecule has 0 fully saturated rings. The third kappa shape index (κ3) is 2.47. The minimum Gasteiger partial charge on any atom is -0.508 e. The summed E-state index contributed by atoms with van der Waals surface area (Å²) in [6, 6.07) is 7.09. The fraction of sp³-hybridized carbons (Fsp3) is 0.0909. The normalized spacial score (nSPS) is 13.1. The Hall–Kier alpha value is -4.20. The highest BCUT2D eigenvalue weighted by Crippen LogP contribution is 2.38. The van der Waals surface area contributed by atoms with Crippen LogP contribution in [0.2, 0.25) is 0 Å². The number of nitrogens with two attached hydrogens (primary N) is 1. The Labute approximate surface area is 171 Å². The first-order valence-electron chi connectivity index (χ1n) is 9.35. The molecule has 0 saturated carbocycles. The Balaban J connectivity index is 1.85. The summed E-state index contributed by atoms with van der Waals surface area (Å²) in [4.78, 5) is 26.2. The quantitative estimate of drug-likeness (QED) is 0.478. The van der Waals surface area contributed by atoms with E-state index in [1.54, 1.807) is 48.2 Å². The molecule has 8 heteroatoms. The van der Waals surface area contributed by atoms with Crippen LogP contribution >= 0.6 is 0 Å². The van der Waals surface area contributed by atoms with Crippen molar-refractivity contribution in [1.82, 2.24) is 24.8 Å².